The van der Waals surface area contributed by atoms with Crippen LogP contribution in [0, 0.1) is 11.3 Å². The standard InChI is InChI=1S/C34H31NO2S/c1-2-3-4-7-16-29-22-32(38-33(29)23-30(24-35)34(36)37)28-19-17-25(18-20-28)21-31(26-12-8-5-9-13-26)27-14-10-6-11-15-27/h5-6,8-15,17-23H,2-4,7,16H2,1H3,(H,36,37)/b30-23-. The van der Waals surface area contributed by atoms with Gasteiger partial charge in [-0.2, -0.15) is 5.26 Å². The molecule has 3 nitrogen and oxygen atoms in total. The van der Waals surface area contributed by atoms with E-state index in [1.165, 1.54) is 12.5 Å². The van der Waals surface area contributed by atoms with Gasteiger partial charge in [0.25, 0.3) is 0 Å². The van der Waals surface area contributed by atoms with Crippen LogP contribution in [0.3, 0.4) is 0 Å². The molecule has 4 aromatic rings. The van der Waals surface area contributed by atoms with Crippen molar-refractivity contribution in [2.24, 2.45) is 0 Å². The third-order valence-corrected chi connectivity index (χ3v) is 7.62. The fourth-order valence-electron chi connectivity index (χ4n) is 4.40. The highest BCUT2D eigenvalue weighted by Crippen LogP contribution is 2.35. The van der Waals surface area contributed by atoms with Gasteiger partial charge < -0.3 is 5.11 Å². The molecule has 190 valence electrons. The number of unbranched alkanes of at least 4 members (excludes halogenated alkanes) is 3. The number of benzene rings is 3. The Hall–Kier alpha value is -4.20. The summed E-state index contributed by atoms with van der Waals surface area (Å²) in [6.07, 6.45) is 9.14. The van der Waals surface area contributed by atoms with E-state index in [9.17, 15) is 15.2 Å². The third-order valence-electron chi connectivity index (χ3n) is 6.44. The number of aryl methyl sites for hydroxylation is 1. The maximum atomic E-state index is 11.5. The molecule has 1 aromatic heterocycles. The number of nitriles is 1. The molecule has 0 fully saturated rings. The average molecular weight is 518 g/mol. The lowest BCUT2D eigenvalue weighted by molar-refractivity contribution is -0.132. The minimum absolute atomic E-state index is 0.233. The van der Waals surface area contributed by atoms with Crippen LogP contribution in [0.25, 0.3) is 28.2 Å². The van der Waals surface area contributed by atoms with Gasteiger partial charge in [0.05, 0.1) is 0 Å². The number of hydrogen-bond acceptors (Lipinski definition) is 3. The van der Waals surface area contributed by atoms with Crippen LogP contribution in [-0.4, -0.2) is 11.1 Å². The Morgan fingerprint density at radius 3 is 2.05 bits per heavy atom. The smallest absolute Gasteiger partial charge is 0.346 e. The number of aliphatic carboxylic acids is 1. The number of thiophene rings is 1. The van der Waals surface area contributed by atoms with Crippen molar-refractivity contribution in [3.63, 3.8) is 0 Å². The van der Waals surface area contributed by atoms with E-state index in [0.29, 0.717) is 0 Å². The van der Waals surface area contributed by atoms with Gasteiger partial charge in [0.2, 0.25) is 0 Å². The summed E-state index contributed by atoms with van der Waals surface area (Å²) in [6, 6.07) is 33.2. The summed E-state index contributed by atoms with van der Waals surface area (Å²) in [5.74, 6) is -1.19. The molecule has 38 heavy (non-hydrogen) atoms. The summed E-state index contributed by atoms with van der Waals surface area (Å²) in [5, 5.41) is 18.7. The van der Waals surface area contributed by atoms with Gasteiger partial charge in [-0.25, -0.2) is 4.79 Å². The number of nitrogens with zero attached hydrogens (tertiary/aromatic N) is 1. The SMILES string of the molecule is CCCCCCc1cc(-c2ccc(C=C(c3ccccc3)c3ccccc3)cc2)sc1/C=C(/C#N)C(=O)O. The molecule has 0 unspecified atom stereocenters. The molecule has 0 saturated heterocycles. The number of carboxylic acid groups (broad SMARTS) is 1. The molecular weight excluding hydrogens is 486 g/mol. The Morgan fingerprint density at radius 1 is 0.868 bits per heavy atom. The Balaban J connectivity index is 1.66. The predicted molar refractivity (Wildman–Crippen MR) is 159 cm³/mol. The Labute approximate surface area is 229 Å². The van der Waals surface area contributed by atoms with E-state index in [1.54, 1.807) is 11.3 Å². The van der Waals surface area contributed by atoms with Crippen molar-refractivity contribution in [2.75, 3.05) is 0 Å². The first-order valence-electron chi connectivity index (χ1n) is 13.0. The number of carbonyl (C=O) groups is 1. The van der Waals surface area contributed by atoms with E-state index in [2.05, 4.69) is 91.9 Å². The van der Waals surface area contributed by atoms with Crippen molar-refractivity contribution < 1.29 is 9.90 Å². The number of hydrogen-bond donors (Lipinski definition) is 1. The second-order valence-electron chi connectivity index (χ2n) is 9.20. The second-order valence-corrected chi connectivity index (χ2v) is 10.3. The first kappa shape index (κ1) is 26.9. The van der Waals surface area contributed by atoms with Gasteiger partial charge in [-0.05, 0) is 64.5 Å². The van der Waals surface area contributed by atoms with Gasteiger partial charge in [0, 0.05) is 9.75 Å². The van der Waals surface area contributed by atoms with Crippen LogP contribution >= 0.6 is 11.3 Å². The van der Waals surface area contributed by atoms with Crippen LogP contribution < -0.4 is 0 Å². The molecule has 0 aliphatic rings. The van der Waals surface area contributed by atoms with E-state index in [-0.39, 0.29) is 5.57 Å². The molecule has 4 heteroatoms. The molecule has 0 bridgehead atoms. The zero-order valence-electron chi connectivity index (χ0n) is 21.6. The van der Waals surface area contributed by atoms with E-state index >= 15 is 0 Å². The maximum Gasteiger partial charge on any atom is 0.346 e. The van der Waals surface area contributed by atoms with Crippen molar-refractivity contribution in [3.8, 4) is 16.5 Å². The van der Waals surface area contributed by atoms with Crippen LogP contribution in [0.2, 0.25) is 0 Å². The zero-order valence-corrected chi connectivity index (χ0v) is 22.4. The van der Waals surface area contributed by atoms with E-state index in [4.69, 9.17) is 0 Å². The van der Waals surface area contributed by atoms with E-state index < -0.39 is 5.97 Å². The average Bonchev–Trinajstić information content (AvgIpc) is 3.36. The summed E-state index contributed by atoms with van der Waals surface area (Å²) in [5.41, 5.74) is 6.54. The van der Waals surface area contributed by atoms with Gasteiger partial charge in [-0.1, -0.05) is 111 Å². The van der Waals surface area contributed by atoms with Crippen LogP contribution in [0.1, 0.15) is 59.7 Å². The lowest BCUT2D eigenvalue weighted by Gasteiger charge is -2.09. The summed E-state index contributed by atoms with van der Waals surface area (Å²) in [4.78, 5) is 13.4. The molecule has 0 radical (unpaired) electrons. The van der Waals surface area contributed by atoms with Crippen molar-refractivity contribution in [1.29, 1.82) is 5.26 Å². The van der Waals surface area contributed by atoms with Crippen molar-refractivity contribution >= 4 is 35.0 Å². The molecule has 0 aliphatic carbocycles. The first-order chi connectivity index (χ1) is 18.6. The number of carboxylic acids is 1. The lowest BCUT2D eigenvalue weighted by Crippen LogP contribution is -1.97. The summed E-state index contributed by atoms with van der Waals surface area (Å²) >= 11 is 1.54. The molecule has 4 rings (SSSR count). The highest BCUT2D eigenvalue weighted by atomic mass is 32.1. The summed E-state index contributed by atoms with van der Waals surface area (Å²) in [7, 11) is 0. The van der Waals surface area contributed by atoms with Crippen molar-refractivity contribution in [2.45, 2.75) is 39.0 Å². The fourth-order valence-corrected chi connectivity index (χ4v) is 5.56. The molecular formula is C34H31NO2S. The summed E-state index contributed by atoms with van der Waals surface area (Å²) < 4.78 is 0. The molecule has 1 N–H and O–H groups in total. The summed E-state index contributed by atoms with van der Waals surface area (Å²) in [6.45, 7) is 2.18. The molecule has 0 spiro atoms. The largest absolute Gasteiger partial charge is 0.477 e. The van der Waals surface area contributed by atoms with Gasteiger partial charge in [0.1, 0.15) is 11.6 Å². The molecule has 3 aromatic carbocycles. The molecule has 0 amide bonds. The van der Waals surface area contributed by atoms with Crippen LogP contribution in [-0.2, 0) is 11.2 Å². The maximum absolute atomic E-state index is 11.5. The highest BCUT2D eigenvalue weighted by molar-refractivity contribution is 7.16. The fraction of sp³-hybridized carbons (Fsp3) is 0.176. The van der Waals surface area contributed by atoms with Crippen LogP contribution in [0.15, 0.2) is 96.6 Å². The van der Waals surface area contributed by atoms with Crippen molar-refractivity contribution in [1.82, 2.24) is 0 Å². The lowest BCUT2D eigenvalue weighted by atomic mass is 9.95. The van der Waals surface area contributed by atoms with E-state index in [1.807, 2.05) is 18.2 Å². The third kappa shape index (κ3) is 6.97. The first-order valence-corrected chi connectivity index (χ1v) is 13.8. The highest BCUT2D eigenvalue weighted by Gasteiger charge is 2.13. The monoisotopic (exact) mass is 517 g/mol. The Kier molecular flexibility index (Phi) is 9.45. The quantitative estimate of drug-likeness (QED) is 0.0934. The normalized spacial score (nSPS) is 11.1. The molecule has 0 saturated carbocycles. The minimum atomic E-state index is -1.19. The molecule has 1 heterocycles. The topological polar surface area (TPSA) is 61.1 Å². The second kappa shape index (κ2) is 13.4. The minimum Gasteiger partial charge on any atom is -0.477 e. The Morgan fingerprint density at radius 2 is 1.50 bits per heavy atom. The number of rotatable bonds is 11. The predicted octanol–water partition coefficient (Wildman–Crippen LogP) is 9.12. The van der Waals surface area contributed by atoms with Crippen molar-refractivity contribution in [3.05, 3.63) is 124 Å². The molecule has 0 atom stereocenters. The van der Waals surface area contributed by atoms with Gasteiger partial charge in [-0.3, -0.25) is 0 Å². The van der Waals surface area contributed by atoms with Gasteiger partial charge >= 0.3 is 5.97 Å². The van der Waals surface area contributed by atoms with Crippen LogP contribution in [0.5, 0.6) is 0 Å². The van der Waals surface area contributed by atoms with E-state index in [0.717, 1.165) is 68.8 Å². The van der Waals surface area contributed by atoms with Crippen LogP contribution in [0.4, 0.5) is 0 Å². The van der Waals surface area contributed by atoms with Gasteiger partial charge in [0.15, 0.2) is 0 Å². The zero-order chi connectivity index (χ0) is 26.7. The van der Waals surface area contributed by atoms with Gasteiger partial charge in [-0.15, -0.1) is 11.3 Å². The Bertz CT molecular complexity index is 1420. The molecule has 0 aliphatic heterocycles.